The SMILES string of the molecule is c1ccc(-c2nc(-c3cccc(-c4cccc5c4Sc4ccccc4C54c5ccccc5-c5ccccc54)c3)cc(-c3ccccc3-c3ccccc3)n2)cc1. The highest BCUT2D eigenvalue weighted by molar-refractivity contribution is 7.99. The van der Waals surface area contributed by atoms with Gasteiger partial charge in [-0.3, -0.25) is 0 Å². The van der Waals surface area contributed by atoms with Crippen molar-refractivity contribution < 1.29 is 0 Å². The Morgan fingerprint density at radius 1 is 0.321 bits per heavy atom. The number of benzene rings is 8. The minimum Gasteiger partial charge on any atom is -0.228 e. The first-order chi connectivity index (χ1) is 27.8. The van der Waals surface area contributed by atoms with E-state index in [4.69, 9.17) is 9.97 Å². The first-order valence-electron chi connectivity index (χ1n) is 19.1. The highest BCUT2D eigenvalue weighted by Gasteiger charge is 2.50. The summed E-state index contributed by atoms with van der Waals surface area (Å²) in [5, 5.41) is 0. The van der Waals surface area contributed by atoms with Gasteiger partial charge in [0.15, 0.2) is 5.82 Å². The average molecular weight is 731 g/mol. The zero-order chi connectivity index (χ0) is 37.1. The van der Waals surface area contributed by atoms with Crippen LogP contribution in [0.4, 0.5) is 0 Å². The molecule has 1 aliphatic heterocycles. The van der Waals surface area contributed by atoms with Crippen molar-refractivity contribution in [2.24, 2.45) is 0 Å². The highest BCUT2D eigenvalue weighted by atomic mass is 32.2. The van der Waals surface area contributed by atoms with Crippen molar-refractivity contribution in [3.05, 3.63) is 229 Å². The predicted molar refractivity (Wildman–Crippen MR) is 231 cm³/mol. The van der Waals surface area contributed by atoms with Crippen molar-refractivity contribution in [3.63, 3.8) is 0 Å². The van der Waals surface area contributed by atoms with Gasteiger partial charge in [0.1, 0.15) is 0 Å². The fourth-order valence-electron chi connectivity index (χ4n) is 8.98. The van der Waals surface area contributed by atoms with Crippen LogP contribution in [0.25, 0.3) is 67.3 Å². The summed E-state index contributed by atoms with van der Waals surface area (Å²) in [4.78, 5) is 13.0. The number of hydrogen-bond acceptors (Lipinski definition) is 3. The fourth-order valence-corrected chi connectivity index (χ4v) is 10.3. The summed E-state index contributed by atoms with van der Waals surface area (Å²) in [5.74, 6) is 0.705. The second-order valence-corrected chi connectivity index (χ2v) is 15.5. The van der Waals surface area contributed by atoms with E-state index in [0.29, 0.717) is 5.82 Å². The first kappa shape index (κ1) is 32.6. The average Bonchev–Trinajstić information content (AvgIpc) is 3.57. The summed E-state index contributed by atoms with van der Waals surface area (Å²) in [6.45, 7) is 0. The molecular weight excluding hydrogens is 697 g/mol. The standard InChI is InChI=1S/C53H34N2S/c1-3-17-35(18-4-1)39-23-7-8-26-43(39)49-34-48(54-52(55-49)36-19-5-2-6-20-36)38-22-15-21-37(33-38)40-27-16-31-47-51(40)56-50-32-14-13-30-46(50)53(47)44-28-11-9-24-41(44)42-25-10-12-29-45(42)53/h1-34H. The molecule has 0 N–H and O–H groups in total. The Bertz CT molecular complexity index is 2910. The van der Waals surface area contributed by atoms with E-state index in [1.807, 2.05) is 30.0 Å². The lowest BCUT2D eigenvalue weighted by Gasteiger charge is -2.40. The van der Waals surface area contributed by atoms with Gasteiger partial charge in [0.05, 0.1) is 16.8 Å². The minimum atomic E-state index is -0.420. The van der Waals surface area contributed by atoms with Gasteiger partial charge in [0.25, 0.3) is 0 Å². The van der Waals surface area contributed by atoms with Gasteiger partial charge < -0.3 is 0 Å². The number of fused-ring (bicyclic) bond motifs is 9. The molecule has 0 radical (unpaired) electrons. The second kappa shape index (κ2) is 13.2. The monoisotopic (exact) mass is 730 g/mol. The molecule has 3 heteroatoms. The molecule has 262 valence electrons. The van der Waals surface area contributed by atoms with Gasteiger partial charge in [0.2, 0.25) is 0 Å². The molecule has 2 nitrogen and oxygen atoms in total. The molecule has 1 aliphatic carbocycles. The van der Waals surface area contributed by atoms with E-state index in [-0.39, 0.29) is 0 Å². The van der Waals surface area contributed by atoms with Crippen LogP contribution in [0.1, 0.15) is 22.3 Å². The smallest absolute Gasteiger partial charge is 0.160 e. The molecule has 0 unspecified atom stereocenters. The maximum atomic E-state index is 5.25. The number of aromatic nitrogens is 2. The van der Waals surface area contributed by atoms with Crippen molar-refractivity contribution in [1.82, 2.24) is 9.97 Å². The van der Waals surface area contributed by atoms with Crippen LogP contribution in [0.15, 0.2) is 216 Å². The number of hydrogen-bond donors (Lipinski definition) is 0. The lowest BCUT2D eigenvalue weighted by atomic mass is 9.67. The van der Waals surface area contributed by atoms with Gasteiger partial charge in [-0.1, -0.05) is 200 Å². The summed E-state index contributed by atoms with van der Waals surface area (Å²) in [5.41, 5.74) is 17.1. The minimum absolute atomic E-state index is 0.420. The molecule has 0 bridgehead atoms. The summed E-state index contributed by atoms with van der Waals surface area (Å²) in [6, 6.07) is 74.3. The largest absolute Gasteiger partial charge is 0.228 e. The van der Waals surface area contributed by atoms with Crippen molar-refractivity contribution >= 4 is 11.8 Å². The maximum absolute atomic E-state index is 5.25. The highest BCUT2D eigenvalue weighted by Crippen LogP contribution is 2.63. The van der Waals surface area contributed by atoms with E-state index in [1.165, 1.54) is 48.7 Å². The van der Waals surface area contributed by atoms with Crippen LogP contribution < -0.4 is 0 Å². The van der Waals surface area contributed by atoms with Crippen molar-refractivity contribution in [2.45, 2.75) is 15.2 Å². The molecule has 0 atom stereocenters. The third kappa shape index (κ3) is 5.05. The van der Waals surface area contributed by atoms with E-state index in [9.17, 15) is 0 Å². The van der Waals surface area contributed by atoms with Crippen molar-refractivity contribution in [1.29, 1.82) is 0 Å². The molecule has 1 spiro atoms. The summed E-state index contributed by atoms with van der Waals surface area (Å²) in [6.07, 6.45) is 0. The van der Waals surface area contributed by atoms with Crippen molar-refractivity contribution in [2.75, 3.05) is 0 Å². The third-order valence-electron chi connectivity index (χ3n) is 11.4. The Morgan fingerprint density at radius 3 is 1.55 bits per heavy atom. The van der Waals surface area contributed by atoms with Gasteiger partial charge >= 0.3 is 0 Å². The van der Waals surface area contributed by atoms with Gasteiger partial charge in [0, 0.05) is 26.5 Å². The van der Waals surface area contributed by atoms with Gasteiger partial charge in [-0.25, -0.2) is 9.97 Å². The molecular formula is C53H34N2S. The fraction of sp³-hybridized carbons (Fsp3) is 0.0189. The number of rotatable bonds is 5. The molecule has 0 saturated carbocycles. The van der Waals surface area contributed by atoms with E-state index < -0.39 is 5.41 Å². The molecule has 8 aromatic carbocycles. The van der Waals surface area contributed by atoms with Gasteiger partial charge in [-0.05, 0) is 73.8 Å². The normalized spacial score (nSPS) is 13.1. The summed E-state index contributed by atoms with van der Waals surface area (Å²) >= 11 is 1.89. The Hall–Kier alpha value is -6.81. The lowest BCUT2D eigenvalue weighted by Crippen LogP contribution is -2.32. The van der Waals surface area contributed by atoms with Crippen LogP contribution in [0.3, 0.4) is 0 Å². The molecule has 9 aromatic rings. The zero-order valence-corrected chi connectivity index (χ0v) is 31.2. The van der Waals surface area contributed by atoms with E-state index in [0.717, 1.165) is 44.8 Å². The molecule has 11 rings (SSSR count). The van der Waals surface area contributed by atoms with Crippen LogP contribution in [0, 0.1) is 0 Å². The maximum Gasteiger partial charge on any atom is 0.160 e. The number of nitrogens with zero attached hydrogens (tertiary/aromatic N) is 2. The molecule has 56 heavy (non-hydrogen) atoms. The van der Waals surface area contributed by atoms with Crippen LogP contribution in [-0.4, -0.2) is 9.97 Å². The van der Waals surface area contributed by atoms with E-state index in [2.05, 4.69) is 188 Å². The molecule has 0 amide bonds. The predicted octanol–water partition coefficient (Wildman–Crippen LogP) is 13.6. The van der Waals surface area contributed by atoms with E-state index >= 15 is 0 Å². The molecule has 0 saturated heterocycles. The Morgan fingerprint density at radius 2 is 0.821 bits per heavy atom. The molecule has 2 aliphatic rings. The Balaban J connectivity index is 1.10. The Kier molecular flexibility index (Phi) is 7.68. The summed E-state index contributed by atoms with van der Waals surface area (Å²) in [7, 11) is 0. The van der Waals surface area contributed by atoms with Crippen molar-refractivity contribution in [3.8, 4) is 67.3 Å². The lowest BCUT2D eigenvalue weighted by molar-refractivity contribution is 0.723. The zero-order valence-electron chi connectivity index (χ0n) is 30.4. The van der Waals surface area contributed by atoms with Crippen LogP contribution in [-0.2, 0) is 5.41 Å². The topological polar surface area (TPSA) is 25.8 Å². The molecule has 2 heterocycles. The van der Waals surface area contributed by atoms with Gasteiger partial charge in [-0.15, -0.1) is 0 Å². The molecule has 1 aromatic heterocycles. The van der Waals surface area contributed by atoms with Crippen LogP contribution in [0.5, 0.6) is 0 Å². The third-order valence-corrected chi connectivity index (χ3v) is 12.6. The van der Waals surface area contributed by atoms with E-state index in [1.54, 1.807) is 0 Å². The van der Waals surface area contributed by atoms with Crippen LogP contribution in [0.2, 0.25) is 0 Å². The second-order valence-electron chi connectivity index (χ2n) is 14.4. The van der Waals surface area contributed by atoms with Crippen LogP contribution >= 0.6 is 11.8 Å². The van der Waals surface area contributed by atoms with Gasteiger partial charge in [-0.2, -0.15) is 0 Å². The first-order valence-corrected chi connectivity index (χ1v) is 19.9. The quantitative estimate of drug-likeness (QED) is 0.176. The summed E-state index contributed by atoms with van der Waals surface area (Å²) < 4.78 is 0. The molecule has 0 fully saturated rings. The Labute approximate surface area is 331 Å².